The number of carbonyl (C=O) groups excluding carboxylic acids is 2. The number of aryl methyl sites for hydroxylation is 3. The lowest BCUT2D eigenvalue weighted by atomic mass is 10.0. The van der Waals surface area contributed by atoms with Gasteiger partial charge >= 0.3 is 0 Å². The molecular formula is C25H23N3O2. The molecule has 2 heterocycles. The number of pyridine rings is 1. The van der Waals surface area contributed by atoms with E-state index in [1.54, 1.807) is 12.3 Å². The Balaban J connectivity index is 1.77. The Morgan fingerprint density at radius 1 is 0.867 bits per heavy atom. The fourth-order valence-corrected chi connectivity index (χ4v) is 3.48. The Labute approximate surface area is 176 Å². The average molecular weight is 397 g/mol. The normalized spacial score (nSPS) is 13.9. The summed E-state index contributed by atoms with van der Waals surface area (Å²) >= 11 is 0. The zero-order valence-corrected chi connectivity index (χ0v) is 17.3. The van der Waals surface area contributed by atoms with E-state index >= 15 is 0 Å². The molecule has 2 amide bonds. The molecule has 0 spiro atoms. The SMILES string of the molecule is Cc1ccc(C2=C(Nc3cc(C)ccc3C)C(=O)N(Cc3ccccn3)C2=O)cc1. The molecule has 0 aliphatic carbocycles. The van der Waals surface area contributed by atoms with E-state index in [2.05, 4.69) is 10.3 Å². The van der Waals surface area contributed by atoms with Crippen molar-refractivity contribution in [3.05, 3.63) is 101 Å². The van der Waals surface area contributed by atoms with E-state index in [0.717, 1.165) is 27.9 Å². The predicted molar refractivity (Wildman–Crippen MR) is 117 cm³/mol. The summed E-state index contributed by atoms with van der Waals surface area (Å²) in [7, 11) is 0. The molecule has 150 valence electrons. The molecule has 3 aromatic rings. The highest BCUT2D eigenvalue weighted by molar-refractivity contribution is 6.36. The van der Waals surface area contributed by atoms with E-state index in [1.807, 2.05) is 75.4 Å². The van der Waals surface area contributed by atoms with Crippen LogP contribution in [0.1, 0.15) is 27.9 Å². The third kappa shape index (κ3) is 3.74. The first-order valence-electron chi connectivity index (χ1n) is 9.86. The van der Waals surface area contributed by atoms with Crippen LogP contribution in [0.15, 0.2) is 72.6 Å². The smallest absolute Gasteiger partial charge is 0.278 e. The Kier molecular flexibility index (Phi) is 5.19. The maximum absolute atomic E-state index is 13.3. The van der Waals surface area contributed by atoms with Crippen LogP contribution < -0.4 is 5.32 Å². The monoisotopic (exact) mass is 397 g/mol. The van der Waals surface area contributed by atoms with Gasteiger partial charge in [0.25, 0.3) is 11.8 Å². The van der Waals surface area contributed by atoms with E-state index < -0.39 is 0 Å². The van der Waals surface area contributed by atoms with E-state index in [9.17, 15) is 9.59 Å². The molecule has 0 bridgehead atoms. The van der Waals surface area contributed by atoms with Gasteiger partial charge in [0.1, 0.15) is 5.70 Å². The summed E-state index contributed by atoms with van der Waals surface area (Å²) in [5.41, 5.74) is 6.04. The minimum atomic E-state index is -0.345. The molecule has 5 nitrogen and oxygen atoms in total. The standard InChI is InChI=1S/C25H23N3O2/c1-16-8-11-19(12-9-16)22-23(27-21-14-17(2)7-10-18(21)3)25(30)28(24(22)29)15-20-6-4-5-13-26-20/h4-14,27H,15H2,1-3H3. The van der Waals surface area contributed by atoms with Crippen molar-refractivity contribution in [2.75, 3.05) is 5.32 Å². The van der Waals surface area contributed by atoms with Crippen molar-refractivity contribution in [3.63, 3.8) is 0 Å². The number of hydrogen-bond donors (Lipinski definition) is 1. The van der Waals surface area contributed by atoms with E-state index in [1.165, 1.54) is 4.90 Å². The molecule has 1 aromatic heterocycles. The first kappa shape index (κ1) is 19.6. The van der Waals surface area contributed by atoms with Gasteiger partial charge < -0.3 is 5.32 Å². The van der Waals surface area contributed by atoms with Crippen molar-refractivity contribution in [1.82, 2.24) is 9.88 Å². The van der Waals surface area contributed by atoms with Crippen LogP contribution in [-0.2, 0) is 16.1 Å². The number of hydrogen-bond acceptors (Lipinski definition) is 4. The largest absolute Gasteiger partial charge is 0.350 e. The molecule has 2 aromatic carbocycles. The summed E-state index contributed by atoms with van der Waals surface area (Å²) in [6.07, 6.45) is 1.66. The van der Waals surface area contributed by atoms with Crippen LogP contribution in [0, 0.1) is 20.8 Å². The summed E-state index contributed by atoms with van der Waals surface area (Å²) in [5.74, 6) is -0.663. The van der Waals surface area contributed by atoms with E-state index in [-0.39, 0.29) is 18.4 Å². The maximum Gasteiger partial charge on any atom is 0.278 e. The Morgan fingerprint density at radius 3 is 2.30 bits per heavy atom. The Bertz CT molecular complexity index is 1150. The van der Waals surface area contributed by atoms with Crippen LogP contribution in [0.2, 0.25) is 0 Å². The minimum absolute atomic E-state index is 0.131. The minimum Gasteiger partial charge on any atom is -0.350 e. The van der Waals surface area contributed by atoms with Crippen molar-refractivity contribution in [1.29, 1.82) is 0 Å². The van der Waals surface area contributed by atoms with E-state index in [0.29, 0.717) is 17.0 Å². The van der Waals surface area contributed by atoms with Crippen LogP contribution in [0.4, 0.5) is 5.69 Å². The van der Waals surface area contributed by atoms with Crippen LogP contribution >= 0.6 is 0 Å². The number of nitrogens with one attached hydrogen (secondary N) is 1. The molecule has 4 rings (SSSR count). The number of imide groups is 1. The number of nitrogens with zero attached hydrogens (tertiary/aromatic N) is 2. The van der Waals surface area contributed by atoms with Crippen molar-refractivity contribution < 1.29 is 9.59 Å². The molecule has 1 aliphatic rings. The van der Waals surface area contributed by atoms with Gasteiger partial charge in [0, 0.05) is 11.9 Å². The topological polar surface area (TPSA) is 62.3 Å². The van der Waals surface area contributed by atoms with Crippen LogP contribution in [-0.4, -0.2) is 21.7 Å². The zero-order valence-electron chi connectivity index (χ0n) is 17.3. The number of amides is 2. The van der Waals surface area contributed by atoms with Crippen LogP contribution in [0.5, 0.6) is 0 Å². The van der Waals surface area contributed by atoms with E-state index in [4.69, 9.17) is 0 Å². The van der Waals surface area contributed by atoms with Crippen molar-refractivity contribution >= 4 is 23.1 Å². The van der Waals surface area contributed by atoms with Gasteiger partial charge in [0.05, 0.1) is 17.8 Å². The third-order valence-electron chi connectivity index (χ3n) is 5.21. The fraction of sp³-hybridized carbons (Fsp3) is 0.160. The molecule has 1 aliphatic heterocycles. The Morgan fingerprint density at radius 2 is 1.60 bits per heavy atom. The second kappa shape index (κ2) is 7.95. The lowest BCUT2D eigenvalue weighted by molar-refractivity contribution is -0.137. The third-order valence-corrected chi connectivity index (χ3v) is 5.21. The van der Waals surface area contributed by atoms with Gasteiger partial charge in [0.15, 0.2) is 0 Å². The van der Waals surface area contributed by atoms with Crippen molar-refractivity contribution in [2.45, 2.75) is 27.3 Å². The highest BCUT2D eigenvalue weighted by atomic mass is 16.2. The number of benzene rings is 2. The second-order valence-corrected chi connectivity index (χ2v) is 7.58. The predicted octanol–water partition coefficient (Wildman–Crippen LogP) is 4.40. The lowest BCUT2D eigenvalue weighted by Gasteiger charge is -2.15. The molecule has 0 fully saturated rings. The van der Waals surface area contributed by atoms with Crippen LogP contribution in [0.25, 0.3) is 5.57 Å². The lowest BCUT2D eigenvalue weighted by Crippen LogP contribution is -2.32. The summed E-state index contributed by atoms with van der Waals surface area (Å²) in [6, 6.07) is 19.1. The van der Waals surface area contributed by atoms with Crippen molar-refractivity contribution in [3.8, 4) is 0 Å². The average Bonchev–Trinajstić information content (AvgIpc) is 2.96. The summed E-state index contributed by atoms with van der Waals surface area (Å²) in [4.78, 5) is 32.2. The van der Waals surface area contributed by atoms with Gasteiger partial charge in [-0.1, -0.05) is 48.0 Å². The first-order valence-corrected chi connectivity index (χ1v) is 9.86. The quantitative estimate of drug-likeness (QED) is 0.648. The first-order chi connectivity index (χ1) is 14.4. The summed E-state index contributed by atoms with van der Waals surface area (Å²) in [5, 5.41) is 3.26. The molecule has 30 heavy (non-hydrogen) atoms. The molecule has 0 saturated carbocycles. The number of aromatic nitrogens is 1. The van der Waals surface area contributed by atoms with Gasteiger partial charge in [-0.2, -0.15) is 0 Å². The van der Waals surface area contributed by atoms with Gasteiger partial charge in [-0.15, -0.1) is 0 Å². The number of anilines is 1. The Hall–Kier alpha value is -3.73. The van der Waals surface area contributed by atoms with Gasteiger partial charge in [0.2, 0.25) is 0 Å². The molecule has 1 N–H and O–H groups in total. The van der Waals surface area contributed by atoms with Crippen molar-refractivity contribution in [2.24, 2.45) is 0 Å². The van der Waals surface area contributed by atoms with Crippen LogP contribution in [0.3, 0.4) is 0 Å². The summed E-state index contributed by atoms with van der Waals surface area (Å²) in [6.45, 7) is 6.09. The molecular weight excluding hydrogens is 374 g/mol. The number of carbonyl (C=O) groups is 2. The maximum atomic E-state index is 13.3. The molecule has 0 unspecified atom stereocenters. The highest BCUT2D eigenvalue weighted by Crippen LogP contribution is 2.32. The highest BCUT2D eigenvalue weighted by Gasteiger charge is 2.39. The summed E-state index contributed by atoms with van der Waals surface area (Å²) < 4.78 is 0. The zero-order chi connectivity index (χ0) is 21.3. The fourth-order valence-electron chi connectivity index (χ4n) is 3.48. The van der Waals surface area contributed by atoms with Gasteiger partial charge in [-0.25, -0.2) is 0 Å². The molecule has 0 radical (unpaired) electrons. The number of rotatable bonds is 5. The molecule has 5 heteroatoms. The second-order valence-electron chi connectivity index (χ2n) is 7.58. The molecule has 0 saturated heterocycles. The van der Waals surface area contributed by atoms with Gasteiger partial charge in [-0.05, 0) is 55.7 Å². The van der Waals surface area contributed by atoms with Gasteiger partial charge in [-0.3, -0.25) is 19.5 Å². The molecule has 0 atom stereocenters.